The number of aromatic nitrogens is 4. The third-order valence-corrected chi connectivity index (χ3v) is 13.0. The molecular weight excluding hydrogens is 788 g/mol. The van der Waals surface area contributed by atoms with E-state index >= 15 is 0 Å². The zero-order chi connectivity index (χ0) is 41.5. The van der Waals surface area contributed by atoms with E-state index in [9.17, 15) is 16.8 Å². The Hall–Kier alpha value is -4.85. The molecule has 13 heteroatoms. The zero-order valence-corrected chi connectivity index (χ0v) is 35.8. The summed E-state index contributed by atoms with van der Waals surface area (Å²) in [6.45, 7) is 9.80. The average Bonchev–Trinajstić information content (AvgIpc) is 3.19. The van der Waals surface area contributed by atoms with Crippen molar-refractivity contribution in [3.8, 4) is 11.3 Å². The smallest absolute Gasteiger partial charge is 0.175 e. The largest absolute Gasteiger partial charge is 0.292 e. The van der Waals surface area contributed by atoms with Crippen molar-refractivity contribution in [2.75, 3.05) is 12.5 Å². The molecule has 0 radical (unpaired) electrons. The number of aryl methyl sites for hydroxylation is 1. The van der Waals surface area contributed by atoms with Crippen LogP contribution in [-0.4, -0.2) is 71.2 Å². The maximum atomic E-state index is 11.7. The summed E-state index contributed by atoms with van der Waals surface area (Å²) >= 11 is 6.18. The first-order valence-corrected chi connectivity index (χ1v) is 23.3. The summed E-state index contributed by atoms with van der Waals surface area (Å²) in [4.78, 5) is 23.0. The Morgan fingerprint density at radius 2 is 1.02 bits per heavy atom. The van der Waals surface area contributed by atoms with Gasteiger partial charge in [0.1, 0.15) is 17.8 Å². The van der Waals surface area contributed by atoms with E-state index < -0.39 is 19.7 Å². The van der Waals surface area contributed by atoms with Crippen molar-refractivity contribution in [3.05, 3.63) is 166 Å². The lowest BCUT2D eigenvalue weighted by atomic mass is 9.95. The number of fused-ring (bicyclic) bond motifs is 2. The van der Waals surface area contributed by atoms with Crippen LogP contribution in [0.2, 0.25) is 5.15 Å². The first-order valence-electron chi connectivity index (χ1n) is 19.1. The summed E-state index contributed by atoms with van der Waals surface area (Å²) in [5.74, 6) is 0. The van der Waals surface area contributed by atoms with E-state index in [0.29, 0.717) is 27.0 Å². The van der Waals surface area contributed by atoms with Crippen molar-refractivity contribution in [2.45, 2.75) is 81.7 Å². The van der Waals surface area contributed by atoms with E-state index in [1.807, 2.05) is 31.2 Å². The monoisotopic (exact) mass is 836 g/mol. The van der Waals surface area contributed by atoms with Crippen LogP contribution in [0.4, 0.5) is 0 Å². The van der Waals surface area contributed by atoms with Crippen molar-refractivity contribution in [1.82, 2.24) is 29.7 Å². The van der Waals surface area contributed by atoms with Gasteiger partial charge in [-0.1, -0.05) is 102 Å². The lowest BCUT2D eigenvalue weighted by Gasteiger charge is -2.35. The fraction of sp³-hybridized carbons (Fsp3) is 0.289. The van der Waals surface area contributed by atoms with Crippen LogP contribution in [0.1, 0.15) is 53.1 Å². The lowest BCUT2D eigenvalue weighted by molar-refractivity contribution is 0.173. The molecule has 0 bridgehead atoms. The molecule has 0 aliphatic carbocycles. The topological polar surface area (TPSA) is 126 Å². The molecule has 0 N–H and O–H groups in total. The molecule has 0 saturated heterocycles. The number of hydrogen-bond acceptors (Lipinski definition) is 10. The van der Waals surface area contributed by atoms with E-state index in [0.717, 1.165) is 78.4 Å². The minimum absolute atomic E-state index is 0.318. The second-order valence-corrected chi connectivity index (χ2v) is 19.4. The van der Waals surface area contributed by atoms with Crippen LogP contribution in [0.25, 0.3) is 11.3 Å². The minimum Gasteiger partial charge on any atom is -0.292 e. The first kappa shape index (κ1) is 42.7. The van der Waals surface area contributed by atoms with Crippen LogP contribution >= 0.6 is 11.6 Å². The summed E-state index contributed by atoms with van der Waals surface area (Å²) in [5, 5.41) is 0.593. The molecule has 4 aromatic carbocycles. The van der Waals surface area contributed by atoms with Gasteiger partial charge in [0.15, 0.2) is 19.7 Å². The molecule has 0 amide bonds. The highest BCUT2D eigenvalue weighted by molar-refractivity contribution is 7.91. The molecule has 58 heavy (non-hydrogen) atoms. The maximum Gasteiger partial charge on any atom is 0.175 e. The van der Waals surface area contributed by atoms with Gasteiger partial charge in [-0.2, -0.15) is 0 Å². The Morgan fingerprint density at radius 1 is 0.586 bits per heavy atom. The molecule has 0 saturated carbocycles. The van der Waals surface area contributed by atoms with Crippen LogP contribution < -0.4 is 0 Å². The van der Waals surface area contributed by atoms with Gasteiger partial charge in [-0.3, -0.25) is 9.80 Å². The maximum absolute atomic E-state index is 11.7. The predicted molar refractivity (Wildman–Crippen MR) is 230 cm³/mol. The van der Waals surface area contributed by atoms with Crippen LogP contribution in [0.5, 0.6) is 0 Å². The number of halogens is 1. The van der Waals surface area contributed by atoms with E-state index in [1.54, 1.807) is 49.1 Å². The Kier molecular flexibility index (Phi) is 13.9. The highest BCUT2D eigenvalue weighted by atomic mass is 35.5. The molecule has 2 aliphatic heterocycles. The van der Waals surface area contributed by atoms with Gasteiger partial charge in [0.2, 0.25) is 0 Å². The molecule has 2 unspecified atom stereocenters. The number of nitrogens with zero attached hydrogens (tertiary/aromatic N) is 6. The summed E-state index contributed by atoms with van der Waals surface area (Å²) in [7, 11) is -6.23. The number of benzene rings is 4. The summed E-state index contributed by atoms with van der Waals surface area (Å²) in [6.07, 6.45) is 7.40. The molecule has 4 heterocycles. The van der Waals surface area contributed by atoms with Gasteiger partial charge in [0, 0.05) is 80.3 Å². The molecule has 2 atom stereocenters. The summed E-state index contributed by atoms with van der Waals surface area (Å²) in [5.41, 5.74) is 9.86. The molecule has 0 fully saturated rings. The average molecular weight is 838 g/mol. The lowest BCUT2D eigenvalue weighted by Crippen LogP contribution is -2.38. The highest BCUT2D eigenvalue weighted by Gasteiger charge is 2.28. The number of sulfone groups is 2. The van der Waals surface area contributed by atoms with Crippen molar-refractivity contribution in [1.29, 1.82) is 0 Å². The van der Waals surface area contributed by atoms with Gasteiger partial charge in [-0.25, -0.2) is 36.8 Å². The van der Waals surface area contributed by atoms with E-state index in [-0.39, 0.29) is 0 Å². The van der Waals surface area contributed by atoms with Crippen molar-refractivity contribution < 1.29 is 16.8 Å². The van der Waals surface area contributed by atoms with Crippen LogP contribution in [0.3, 0.4) is 0 Å². The number of rotatable bonds is 7. The Balaban J connectivity index is 0.000000163. The summed E-state index contributed by atoms with van der Waals surface area (Å²) in [6, 6.07) is 35.6. The zero-order valence-electron chi connectivity index (χ0n) is 33.5. The molecular formula is C45H49ClN6O4S2. The minimum atomic E-state index is -3.21. The Morgan fingerprint density at radius 3 is 1.50 bits per heavy atom. The molecule has 10 nitrogen and oxygen atoms in total. The second-order valence-electron chi connectivity index (χ2n) is 15.0. The van der Waals surface area contributed by atoms with Crippen LogP contribution in [-0.2, 0) is 58.7 Å². The Bertz CT molecular complexity index is 2530. The third kappa shape index (κ3) is 11.2. The fourth-order valence-electron chi connectivity index (χ4n) is 7.04. The van der Waals surface area contributed by atoms with Gasteiger partial charge >= 0.3 is 0 Å². The molecule has 8 rings (SSSR count). The molecule has 302 valence electrons. The van der Waals surface area contributed by atoms with Gasteiger partial charge in [-0.15, -0.1) is 0 Å². The predicted octanol–water partition coefficient (Wildman–Crippen LogP) is 7.97. The van der Waals surface area contributed by atoms with Crippen molar-refractivity contribution in [2.24, 2.45) is 0 Å². The highest BCUT2D eigenvalue weighted by Crippen LogP contribution is 2.31. The standard InChI is InChI=1S/C22H23N3O2S.C15H16ClN3.C8H10O2S/c1-16-12-21-20(14-25(16)13-17-6-4-3-5-7-17)22(24-15-23-21)18-8-10-19(11-9-18)28(2,26)27;1-11-7-14-13(15(16)18-10-17-14)9-19(11)8-12-5-3-2-4-6-12;1-7-3-5-8(6-4-7)11(2,9)10/h3-11,15-16H,12-14H2,1-2H3;2-6,10-11H,7-9H2,1H3;3-6H,1-2H3. The number of hydrogen-bond donors (Lipinski definition) is 0. The summed E-state index contributed by atoms with van der Waals surface area (Å²) < 4.78 is 45.4. The van der Waals surface area contributed by atoms with E-state index in [4.69, 9.17) is 11.6 Å². The molecule has 2 aromatic heterocycles. The molecule has 0 spiro atoms. The van der Waals surface area contributed by atoms with Crippen LogP contribution in [0, 0.1) is 6.92 Å². The van der Waals surface area contributed by atoms with E-state index in [1.165, 1.54) is 23.6 Å². The first-order chi connectivity index (χ1) is 27.7. The fourth-order valence-corrected chi connectivity index (χ4v) is 8.51. The third-order valence-electron chi connectivity index (χ3n) is 10.4. The quantitative estimate of drug-likeness (QED) is 0.146. The van der Waals surface area contributed by atoms with Gasteiger partial charge in [0.25, 0.3) is 0 Å². The van der Waals surface area contributed by atoms with Gasteiger partial charge in [0.05, 0.1) is 26.9 Å². The van der Waals surface area contributed by atoms with Gasteiger partial charge in [-0.05, 0) is 56.2 Å². The Labute approximate surface area is 347 Å². The SMILES string of the molecule is CC1Cc2ncnc(-c3ccc(S(C)(=O)=O)cc3)c2CN1Cc1ccccc1.CC1Cc2ncnc(Cl)c2CN1Cc1ccccc1.Cc1ccc(S(C)(=O)=O)cc1. The van der Waals surface area contributed by atoms with E-state index in [2.05, 4.69) is 92.1 Å². The molecule has 6 aromatic rings. The normalized spacial score (nSPS) is 16.8. The van der Waals surface area contributed by atoms with Gasteiger partial charge < -0.3 is 0 Å². The van der Waals surface area contributed by atoms with Crippen molar-refractivity contribution >= 4 is 31.3 Å². The molecule has 2 aliphatic rings. The van der Waals surface area contributed by atoms with Crippen LogP contribution in [0.15, 0.2) is 132 Å². The second kappa shape index (κ2) is 18.8. The van der Waals surface area contributed by atoms with Crippen molar-refractivity contribution in [3.63, 3.8) is 0 Å².